The van der Waals surface area contributed by atoms with E-state index in [9.17, 15) is 18.0 Å². The molecule has 0 spiro atoms. The topological polar surface area (TPSA) is 122 Å². The molecule has 3 aromatic rings. The molecule has 1 aliphatic heterocycles. The van der Waals surface area contributed by atoms with Crippen molar-refractivity contribution in [1.29, 1.82) is 0 Å². The highest BCUT2D eigenvalue weighted by Crippen LogP contribution is 2.39. The summed E-state index contributed by atoms with van der Waals surface area (Å²) in [6, 6.07) is 10.8. The van der Waals surface area contributed by atoms with Crippen LogP contribution in [0.4, 0.5) is 5.69 Å². The van der Waals surface area contributed by atoms with Crippen molar-refractivity contribution in [3.05, 3.63) is 59.5 Å². The molecule has 10 heteroatoms. The summed E-state index contributed by atoms with van der Waals surface area (Å²) in [4.78, 5) is 29.6. The molecular formula is C23H22N4O5S. The molecule has 2 amide bonds. The number of carbonyl (C=O) groups is 2. The van der Waals surface area contributed by atoms with Gasteiger partial charge in [-0.2, -0.15) is 4.98 Å². The van der Waals surface area contributed by atoms with Crippen LogP contribution >= 0.6 is 0 Å². The summed E-state index contributed by atoms with van der Waals surface area (Å²) in [7, 11) is -3.93. The molecule has 0 unspecified atom stereocenters. The average molecular weight is 467 g/mol. The number of anilines is 1. The quantitative estimate of drug-likeness (QED) is 0.623. The molecular weight excluding hydrogens is 444 g/mol. The zero-order valence-corrected chi connectivity index (χ0v) is 19.1. The Hall–Kier alpha value is -3.53. The van der Waals surface area contributed by atoms with Crippen molar-refractivity contribution in [3.63, 3.8) is 0 Å². The molecule has 1 aliphatic carbocycles. The van der Waals surface area contributed by atoms with E-state index >= 15 is 0 Å². The number of hydrogen-bond acceptors (Lipinski definition) is 7. The number of rotatable bonds is 4. The molecule has 5 rings (SSSR count). The number of aromatic nitrogens is 2. The zero-order chi connectivity index (χ0) is 23.5. The summed E-state index contributed by atoms with van der Waals surface area (Å²) in [5.74, 6) is -0.0227. The summed E-state index contributed by atoms with van der Waals surface area (Å²) in [6.45, 7) is 5.94. The van der Waals surface area contributed by atoms with E-state index in [1.165, 1.54) is 18.2 Å². The molecule has 0 radical (unpaired) electrons. The van der Waals surface area contributed by atoms with Crippen LogP contribution < -0.4 is 5.32 Å². The zero-order valence-electron chi connectivity index (χ0n) is 18.3. The fraction of sp³-hybridized carbons (Fsp3) is 0.304. The minimum atomic E-state index is -3.93. The van der Waals surface area contributed by atoms with Gasteiger partial charge in [-0.3, -0.25) is 9.59 Å². The van der Waals surface area contributed by atoms with E-state index in [4.69, 9.17) is 4.52 Å². The normalized spacial score (nSPS) is 17.2. The van der Waals surface area contributed by atoms with Gasteiger partial charge in [-0.1, -0.05) is 25.9 Å². The Kier molecular flexibility index (Phi) is 4.68. The Balaban J connectivity index is 1.34. The number of nitrogens with one attached hydrogen (secondary N) is 1. The highest BCUT2D eigenvalue weighted by molar-refractivity contribution is 7.90. The lowest BCUT2D eigenvalue weighted by Crippen LogP contribution is -2.31. The first-order valence-corrected chi connectivity index (χ1v) is 12.0. The van der Waals surface area contributed by atoms with E-state index in [2.05, 4.69) is 15.5 Å². The van der Waals surface area contributed by atoms with Gasteiger partial charge in [0.05, 0.1) is 5.56 Å². The van der Waals surface area contributed by atoms with Crippen molar-refractivity contribution in [3.8, 4) is 11.4 Å². The van der Waals surface area contributed by atoms with Gasteiger partial charge in [0.15, 0.2) is 0 Å². The highest BCUT2D eigenvalue weighted by atomic mass is 32.2. The Morgan fingerprint density at radius 2 is 1.82 bits per heavy atom. The standard InChI is InChI=1S/C23H22N4O5S/c1-23(2,3)22-25-19(26-32-22)13-4-7-15(8-5-13)24-20(28)14-6-11-17-18(12-14)33(30,31)27(21(17)29)16-9-10-16/h4-8,11-12,16H,9-10H2,1-3H3,(H,24,28). The summed E-state index contributed by atoms with van der Waals surface area (Å²) >= 11 is 0. The molecule has 2 aliphatic rings. The lowest BCUT2D eigenvalue weighted by atomic mass is 9.97. The number of hydrogen-bond donors (Lipinski definition) is 1. The van der Waals surface area contributed by atoms with Crippen molar-refractivity contribution in [2.45, 2.75) is 50.0 Å². The molecule has 0 bridgehead atoms. The second kappa shape index (κ2) is 7.24. The molecule has 1 N–H and O–H groups in total. The molecule has 0 saturated heterocycles. The van der Waals surface area contributed by atoms with E-state index in [0.29, 0.717) is 30.2 Å². The molecule has 1 saturated carbocycles. The predicted octanol–water partition coefficient (Wildman–Crippen LogP) is 3.59. The van der Waals surface area contributed by atoms with Crippen LogP contribution in [0.3, 0.4) is 0 Å². The second-order valence-corrected chi connectivity index (χ2v) is 11.0. The van der Waals surface area contributed by atoms with Crippen molar-refractivity contribution in [2.24, 2.45) is 0 Å². The number of carbonyl (C=O) groups excluding carboxylic acids is 2. The molecule has 2 aromatic carbocycles. The first-order valence-electron chi connectivity index (χ1n) is 10.5. The van der Waals surface area contributed by atoms with Crippen LogP contribution in [0.25, 0.3) is 11.4 Å². The van der Waals surface area contributed by atoms with E-state index in [0.717, 1.165) is 9.87 Å². The minimum Gasteiger partial charge on any atom is -0.338 e. The second-order valence-electron chi connectivity index (χ2n) is 9.25. The predicted molar refractivity (Wildman–Crippen MR) is 119 cm³/mol. The third kappa shape index (κ3) is 3.70. The Labute approximate surface area is 190 Å². The number of fused-ring (bicyclic) bond motifs is 1. The average Bonchev–Trinajstić information content (AvgIpc) is 3.40. The Bertz CT molecular complexity index is 1380. The van der Waals surface area contributed by atoms with Crippen LogP contribution in [0.15, 0.2) is 51.9 Å². The van der Waals surface area contributed by atoms with Gasteiger partial charge >= 0.3 is 0 Å². The van der Waals surface area contributed by atoms with Crippen LogP contribution in [0.1, 0.15) is 60.2 Å². The van der Waals surface area contributed by atoms with Gasteiger partial charge in [0.1, 0.15) is 4.90 Å². The lowest BCUT2D eigenvalue weighted by Gasteiger charge is -2.13. The molecule has 1 aromatic heterocycles. The van der Waals surface area contributed by atoms with E-state index in [-0.39, 0.29) is 27.5 Å². The lowest BCUT2D eigenvalue weighted by molar-refractivity contribution is 0.0864. The van der Waals surface area contributed by atoms with Gasteiger partial charge in [-0.15, -0.1) is 0 Å². The van der Waals surface area contributed by atoms with Crippen LogP contribution in [0, 0.1) is 0 Å². The van der Waals surface area contributed by atoms with Gasteiger partial charge in [-0.25, -0.2) is 12.7 Å². The number of amides is 2. The maximum atomic E-state index is 12.8. The Morgan fingerprint density at radius 3 is 2.42 bits per heavy atom. The first kappa shape index (κ1) is 21.3. The summed E-state index contributed by atoms with van der Waals surface area (Å²) < 4.78 is 31.9. The molecule has 33 heavy (non-hydrogen) atoms. The van der Waals surface area contributed by atoms with Gasteiger partial charge in [0, 0.05) is 28.3 Å². The molecule has 9 nitrogen and oxygen atoms in total. The minimum absolute atomic E-state index is 0.109. The van der Waals surface area contributed by atoms with E-state index in [1.54, 1.807) is 24.3 Å². The van der Waals surface area contributed by atoms with Crippen molar-refractivity contribution < 1.29 is 22.5 Å². The number of nitrogens with zero attached hydrogens (tertiary/aromatic N) is 3. The SMILES string of the molecule is CC(C)(C)c1nc(-c2ccc(NC(=O)c3ccc4c(c3)S(=O)(=O)N(C3CC3)C4=O)cc2)no1. The molecule has 1 fully saturated rings. The van der Waals surface area contributed by atoms with Gasteiger partial charge in [0.2, 0.25) is 11.7 Å². The maximum absolute atomic E-state index is 12.8. The summed E-state index contributed by atoms with van der Waals surface area (Å²) in [5.41, 5.74) is 1.25. The van der Waals surface area contributed by atoms with Crippen molar-refractivity contribution >= 4 is 27.5 Å². The van der Waals surface area contributed by atoms with Gasteiger partial charge in [0.25, 0.3) is 21.8 Å². The van der Waals surface area contributed by atoms with Crippen LogP contribution in [-0.4, -0.2) is 40.7 Å². The first-order chi connectivity index (χ1) is 15.6. The van der Waals surface area contributed by atoms with Gasteiger partial charge in [-0.05, 0) is 55.3 Å². The Morgan fingerprint density at radius 1 is 1.12 bits per heavy atom. The van der Waals surface area contributed by atoms with Crippen LogP contribution in [-0.2, 0) is 15.4 Å². The third-order valence-electron chi connectivity index (χ3n) is 5.56. The van der Waals surface area contributed by atoms with Gasteiger partial charge < -0.3 is 9.84 Å². The van der Waals surface area contributed by atoms with Crippen LogP contribution in [0.2, 0.25) is 0 Å². The summed E-state index contributed by atoms with van der Waals surface area (Å²) in [5, 5.41) is 6.75. The smallest absolute Gasteiger partial charge is 0.269 e. The van der Waals surface area contributed by atoms with E-state index < -0.39 is 21.8 Å². The maximum Gasteiger partial charge on any atom is 0.269 e. The fourth-order valence-corrected chi connectivity index (χ4v) is 5.45. The fourth-order valence-electron chi connectivity index (χ4n) is 3.61. The molecule has 0 atom stereocenters. The number of sulfonamides is 1. The van der Waals surface area contributed by atoms with E-state index in [1.807, 2.05) is 20.8 Å². The van der Waals surface area contributed by atoms with Crippen molar-refractivity contribution in [1.82, 2.24) is 14.4 Å². The highest BCUT2D eigenvalue weighted by Gasteiger charge is 2.48. The third-order valence-corrected chi connectivity index (χ3v) is 7.43. The van der Waals surface area contributed by atoms with Crippen molar-refractivity contribution in [2.75, 3.05) is 5.32 Å². The summed E-state index contributed by atoms with van der Waals surface area (Å²) in [6.07, 6.45) is 1.34. The molecule has 170 valence electrons. The largest absolute Gasteiger partial charge is 0.338 e. The molecule has 2 heterocycles. The number of benzene rings is 2. The monoisotopic (exact) mass is 466 g/mol. The van der Waals surface area contributed by atoms with Crippen LogP contribution in [0.5, 0.6) is 0 Å².